The first-order valence-electron chi connectivity index (χ1n) is 8.94. The van der Waals surface area contributed by atoms with E-state index in [1.807, 2.05) is 36.7 Å². The first-order valence-corrected chi connectivity index (χ1v) is 9.32. The van der Waals surface area contributed by atoms with Gasteiger partial charge in [-0.15, -0.1) is 0 Å². The standard InChI is InChI=1S/C23H21ClN2/c24-23-8-6-20(7-9-23)22-14-18(15-25-16-22)17-26-12-10-21(11-13-26)19-4-2-1-3-5-19/h1-10,14-16H,11-13,17H2. The van der Waals surface area contributed by atoms with Crippen LogP contribution >= 0.6 is 11.6 Å². The molecule has 2 aromatic carbocycles. The molecule has 3 heteroatoms. The molecule has 0 aliphatic carbocycles. The lowest BCUT2D eigenvalue weighted by atomic mass is 9.99. The third kappa shape index (κ3) is 4.04. The topological polar surface area (TPSA) is 16.1 Å². The smallest absolute Gasteiger partial charge is 0.0406 e. The Kier molecular flexibility index (Phi) is 5.14. The van der Waals surface area contributed by atoms with E-state index in [2.05, 4.69) is 52.4 Å². The van der Waals surface area contributed by atoms with Gasteiger partial charge in [0.15, 0.2) is 0 Å². The summed E-state index contributed by atoms with van der Waals surface area (Å²) in [5.41, 5.74) is 6.33. The van der Waals surface area contributed by atoms with Crippen molar-refractivity contribution in [2.24, 2.45) is 0 Å². The second-order valence-electron chi connectivity index (χ2n) is 6.67. The molecule has 0 spiro atoms. The zero-order valence-electron chi connectivity index (χ0n) is 14.6. The van der Waals surface area contributed by atoms with Crippen LogP contribution in [0.25, 0.3) is 16.7 Å². The van der Waals surface area contributed by atoms with Crippen molar-refractivity contribution in [3.05, 3.63) is 95.3 Å². The van der Waals surface area contributed by atoms with Gasteiger partial charge in [0.1, 0.15) is 0 Å². The van der Waals surface area contributed by atoms with E-state index in [1.54, 1.807) is 0 Å². The lowest BCUT2D eigenvalue weighted by molar-refractivity contribution is 0.293. The summed E-state index contributed by atoms with van der Waals surface area (Å²) in [5, 5.41) is 0.757. The Morgan fingerprint density at radius 2 is 1.69 bits per heavy atom. The van der Waals surface area contributed by atoms with E-state index in [-0.39, 0.29) is 0 Å². The van der Waals surface area contributed by atoms with Crippen molar-refractivity contribution in [3.63, 3.8) is 0 Å². The molecular formula is C23H21ClN2. The van der Waals surface area contributed by atoms with E-state index < -0.39 is 0 Å². The van der Waals surface area contributed by atoms with Gasteiger partial charge in [0.05, 0.1) is 0 Å². The fraction of sp³-hybridized carbons (Fsp3) is 0.174. The molecule has 0 radical (unpaired) electrons. The van der Waals surface area contributed by atoms with Crippen molar-refractivity contribution in [2.75, 3.05) is 13.1 Å². The molecule has 0 saturated heterocycles. The minimum Gasteiger partial charge on any atom is -0.295 e. The van der Waals surface area contributed by atoms with Crippen LogP contribution in [0.4, 0.5) is 0 Å². The van der Waals surface area contributed by atoms with Crippen LogP contribution in [-0.4, -0.2) is 23.0 Å². The normalized spacial score (nSPS) is 14.9. The van der Waals surface area contributed by atoms with Gasteiger partial charge in [0.25, 0.3) is 0 Å². The Morgan fingerprint density at radius 3 is 2.42 bits per heavy atom. The minimum atomic E-state index is 0.757. The summed E-state index contributed by atoms with van der Waals surface area (Å²) in [7, 11) is 0. The fourth-order valence-corrected chi connectivity index (χ4v) is 3.53. The maximum absolute atomic E-state index is 5.99. The number of benzene rings is 2. The second-order valence-corrected chi connectivity index (χ2v) is 7.11. The summed E-state index contributed by atoms with van der Waals surface area (Å²) in [6.07, 6.45) is 7.33. The van der Waals surface area contributed by atoms with Crippen LogP contribution < -0.4 is 0 Å². The van der Waals surface area contributed by atoms with Crippen molar-refractivity contribution < 1.29 is 0 Å². The van der Waals surface area contributed by atoms with Crippen molar-refractivity contribution in [1.82, 2.24) is 9.88 Å². The maximum Gasteiger partial charge on any atom is 0.0406 e. The molecule has 0 saturated carbocycles. The van der Waals surface area contributed by atoms with Gasteiger partial charge >= 0.3 is 0 Å². The first-order chi connectivity index (χ1) is 12.8. The molecule has 4 rings (SSSR count). The van der Waals surface area contributed by atoms with Crippen LogP contribution in [0.1, 0.15) is 17.5 Å². The van der Waals surface area contributed by atoms with Gasteiger partial charge in [-0.1, -0.05) is 60.1 Å². The lowest BCUT2D eigenvalue weighted by Crippen LogP contribution is -2.28. The largest absolute Gasteiger partial charge is 0.295 e. The number of hydrogen-bond donors (Lipinski definition) is 0. The number of rotatable bonds is 4. The Hall–Kier alpha value is -2.42. The highest BCUT2D eigenvalue weighted by Crippen LogP contribution is 2.25. The predicted octanol–water partition coefficient (Wildman–Crippen LogP) is 5.69. The van der Waals surface area contributed by atoms with E-state index in [0.29, 0.717) is 0 Å². The Labute approximate surface area is 159 Å². The molecule has 1 aliphatic rings. The van der Waals surface area contributed by atoms with Crippen LogP contribution in [0.5, 0.6) is 0 Å². The van der Waals surface area contributed by atoms with E-state index in [0.717, 1.165) is 42.2 Å². The third-order valence-electron chi connectivity index (χ3n) is 4.82. The highest BCUT2D eigenvalue weighted by atomic mass is 35.5. The highest BCUT2D eigenvalue weighted by Gasteiger charge is 2.13. The molecule has 3 aromatic rings. The predicted molar refractivity (Wildman–Crippen MR) is 109 cm³/mol. The molecule has 130 valence electrons. The number of pyridine rings is 1. The van der Waals surface area contributed by atoms with Crippen molar-refractivity contribution in [2.45, 2.75) is 13.0 Å². The number of hydrogen-bond acceptors (Lipinski definition) is 2. The summed E-state index contributed by atoms with van der Waals surface area (Å²) in [6.45, 7) is 2.98. The molecule has 26 heavy (non-hydrogen) atoms. The zero-order valence-corrected chi connectivity index (χ0v) is 15.4. The molecule has 2 heterocycles. The minimum absolute atomic E-state index is 0.757. The van der Waals surface area contributed by atoms with Crippen molar-refractivity contribution >= 4 is 17.2 Å². The van der Waals surface area contributed by atoms with Crippen LogP contribution in [-0.2, 0) is 6.54 Å². The Bertz CT molecular complexity index is 901. The number of halogens is 1. The van der Waals surface area contributed by atoms with Crippen molar-refractivity contribution in [1.29, 1.82) is 0 Å². The quantitative estimate of drug-likeness (QED) is 0.594. The van der Waals surface area contributed by atoms with Crippen molar-refractivity contribution in [3.8, 4) is 11.1 Å². The molecule has 2 nitrogen and oxygen atoms in total. The van der Waals surface area contributed by atoms with Gasteiger partial charge in [-0.05, 0) is 46.9 Å². The fourth-order valence-electron chi connectivity index (χ4n) is 3.40. The van der Waals surface area contributed by atoms with Gasteiger partial charge in [0.2, 0.25) is 0 Å². The zero-order chi connectivity index (χ0) is 17.8. The van der Waals surface area contributed by atoms with Gasteiger partial charge in [-0.3, -0.25) is 9.88 Å². The van der Waals surface area contributed by atoms with Crippen LogP contribution in [0, 0.1) is 0 Å². The van der Waals surface area contributed by atoms with E-state index in [9.17, 15) is 0 Å². The summed E-state index contributed by atoms with van der Waals surface area (Å²) in [4.78, 5) is 6.90. The maximum atomic E-state index is 5.99. The lowest BCUT2D eigenvalue weighted by Gasteiger charge is -2.26. The Morgan fingerprint density at radius 1 is 0.885 bits per heavy atom. The SMILES string of the molecule is Clc1ccc(-c2cncc(CN3CC=C(c4ccccc4)CC3)c2)cc1. The molecule has 1 aliphatic heterocycles. The third-order valence-corrected chi connectivity index (χ3v) is 5.07. The average Bonchev–Trinajstić information content (AvgIpc) is 2.70. The molecule has 0 bridgehead atoms. The monoisotopic (exact) mass is 360 g/mol. The van der Waals surface area contributed by atoms with E-state index >= 15 is 0 Å². The number of nitrogens with zero attached hydrogens (tertiary/aromatic N) is 2. The molecule has 0 atom stereocenters. The molecule has 0 N–H and O–H groups in total. The summed E-state index contributed by atoms with van der Waals surface area (Å²) < 4.78 is 0. The van der Waals surface area contributed by atoms with Gasteiger partial charge in [-0.2, -0.15) is 0 Å². The molecular weight excluding hydrogens is 340 g/mol. The molecule has 0 amide bonds. The van der Waals surface area contributed by atoms with Crippen LogP contribution in [0.2, 0.25) is 5.02 Å². The van der Waals surface area contributed by atoms with Gasteiger partial charge < -0.3 is 0 Å². The average molecular weight is 361 g/mol. The van der Waals surface area contributed by atoms with Crippen LogP contribution in [0.15, 0.2) is 79.1 Å². The van der Waals surface area contributed by atoms with Gasteiger partial charge in [0, 0.05) is 42.6 Å². The molecule has 0 fully saturated rings. The second kappa shape index (κ2) is 7.86. The summed E-state index contributed by atoms with van der Waals surface area (Å²) >= 11 is 5.99. The van der Waals surface area contributed by atoms with Crippen LogP contribution in [0.3, 0.4) is 0 Å². The number of aromatic nitrogens is 1. The first kappa shape index (κ1) is 17.0. The summed E-state index contributed by atoms with van der Waals surface area (Å²) in [6, 6.07) is 20.8. The Balaban J connectivity index is 1.45. The highest BCUT2D eigenvalue weighted by molar-refractivity contribution is 6.30. The molecule has 1 aromatic heterocycles. The van der Waals surface area contributed by atoms with E-state index in [1.165, 1.54) is 16.7 Å². The van der Waals surface area contributed by atoms with Gasteiger partial charge in [-0.25, -0.2) is 0 Å². The molecule has 0 unspecified atom stereocenters. The summed E-state index contributed by atoms with van der Waals surface area (Å²) in [5.74, 6) is 0. The van der Waals surface area contributed by atoms with E-state index in [4.69, 9.17) is 11.6 Å².